The van der Waals surface area contributed by atoms with E-state index in [9.17, 15) is 13.6 Å². The SMILES string of the molecule is CNc1cnc(C(=O)Nc2cc(F)c(Br)cc2F)cn1. The van der Waals surface area contributed by atoms with Crippen molar-refractivity contribution in [1.29, 1.82) is 0 Å². The van der Waals surface area contributed by atoms with Crippen molar-refractivity contribution in [3.63, 3.8) is 0 Å². The van der Waals surface area contributed by atoms with E-state index in [1.165, 1.54) is 12.4 Å². The van der Waals surface area contributed by atoms with Gasteiger partial charge in [-0.25, -0.2) is 18.7 Å². The van der Waals surface area contributed by atoms with E-state index in [2.05, 4.69) is 36.5 Å². The minimum Gasteiger partial charge on any atom is -0.372 e. The van der Waals surface area contributed by atoms with Gasteiger partial charge >= 0.3 is 0 Å². The molecule has 1 aromatic heterocycles. The Morgan fingerprint density at radius 2 is 1.95 bits per heavy atom. The molecule has 0 aliphatic heterocycles. The highest BCUT2D eigenvalue weighted by Gasteiger charge is 2.13. The molecule has 2 rings (SSSR count). The van der Waals surface area contributed by atoms with Gasteiger partial charge in [-0.3, -0.25) is 4.79 Å². The Morgan fingerprint density at radius 3 is 2.55 bits per heavy atom. The molecule has 8 heteroatoms. The minimum atomic E-state index is -0.758. The van der Waals surface area contributed by atoms with Gasteiger partial charge in [0.1, 0.15) is 23.1 Å². The lowest BCUT2D eigenvalue weighted by Crippen LogP contribution is -2.15. The molecule has 0 spiro atoms. The Morgan fingerprint density at radius 1 is 1.20 bits per heavy atom. The molecular formula is C12H9BrF2N4O. The third kappa shape index (κ3) is 3.08. The lowest BCUT2D eigenvalue weighted by atomic mass is 10.3. The summed E-state index contributed by atoms with van der Waals surface area (Å²) in [7, 11) is 1.66. The van der Waals surface area contributed by atoms with Crippen LogP contribution in [0.5, 0.6) is 0 Å². The van der Waals surface area contributed by atoms with Crippen LogP contribution in [-0.4, -0.2) is 22.9 Å². The molecule has 1 heterocycles. The van der Waals surface area contributed by atoms with Crippen LogP contribution in [0.1, 0.15) is 10.5 Å². The van der Waals surface area contributed by atoms with Gasteiger partial charge < -0.3 is 10.6 Å². The van der Waals surface area contributed by atoms with Gasteiger partial charge in [-0.1, -0.05) is 0 Å². The number of carbonyl (C=O) groups excluding carboxylic acids is 1. The van der Waals surface area contributed by atoms with Gasteiger partial charge in [0, 0.05) is 13.1 Å². The average Bonchev–Trinajstić information content (AvgIpc) is 2.44. The van der Waals surface area contributed by atoms with E-state index in [-0.39, 0.29) is 15.9 Å². The maximum Gasteiger partial charge on any atom is 0.275 e. The standard InChI is InChI=1S/C12H9BrF2N4O/c1-16-11-5-17-10(4-18-11)12(20)19-9-3-7(14)6(13)2-8(9)15/h2-5H,1H3,(H,16,18)(H,19,20). The maximum atomic E-state index is 13.6. The van der Waals surface area contributed by atoms with E-state index < -0.39 is 17.5 Å². The van der Waals surface area contributed by atoms with E-state index >= 15 is 0 Å². The summed E-state index contributed by atoms with van der Waals surface area (Å²) in [4.78, 5) is 19.6. The predicted octanol–water partition coefficient (Wildman–Crippen LogP) is 2.81. The second-order valence-corrected chi connectivity index (χ2v) is 4.59. The summed E-state index contributed by atoms with van der Waals surface area (Å²) in [6.07, 6.45) is 2.59. The zero-order valence-corrected chi connectivity index (χ0v) is 11.8. The highest BCUT2D eigenvalue weighted by Crippen LogP contribution is 2.23. The van der Waals surface area contributed by atoms with Crippen LogP contribution in [0.25, 0.3) is 0 Å². The number of amides is 1. The van der Waals surface area contributed by atoms with Gasteiger partial charge in [0.2, 0.25) is 0 Å². The van der Waals surface area contributed by atoms with Crippen molar-refractivity contribution in [3.05, 3.63) is 46.3 Å². The first-order chi connectivity index (χ1) is 9.51. The van der Waals surface area contributed by atoms with Crippen molar-refractivity contribution in [1.82, 2.24) is 9.97 Å². The summed E-state index contributed by atoms with van der Waals surface area (Å²) in [5.74, 6) is -1.63. The lowest BCUT2D eigenvalue weighted by molar-refractivity contribution is 0.102. The monoisotopic (exact) mass is 342 g/mol. The zero-order chi connectivity index (χ0) is 14.7. The summed E-state index contributed by atoms with van der Waals surface area (Å²) in [5, 5.41) is 4.98. The third-order valence-corrected chi connectivity index (χ3v) is 3.01. The van der Waals surface area contributed by atoms with Gasteiger partial charge in [0.15, 0.2) is 0 Å². The molecule has 0 fully saturated rings. The van der Waals surface area contributed by atoms with Crippen LogP contribution in [0, 0.1) is 11.6 Å². The van der Waals surface area contributed by atoms with Gasteiger partial charge in [0.25, 0.3) is 5.91 Å². The molecule has 2 aromatic rings. The summed E-state index contributed by atoms with van der Waals surface area (Å²) in [5.41, 5.74) is -0.276. The largest absolute Gasteiger partial charge is 0.372 e. The first kappa shape index (κ1) is 14.3. The maximum absolute atomic E-state index is 13.6. The molecule has 0 bridgehead atoms. The van der Waals surface area contributed by atoms with Crippen molar-refractivity contribution in [2.75, 3.05) is 17.7 Å². The normalized spacial score (nSPS) is 10.2. The molecule has 1 amide bonds. The van der Waals surface area contributed by atoms with Gasteiger partial charge in [-0.2, -0.15) is 0 Å². The van der Waals surface area contributed by atoms with E-state index in [0.717, 1.165) is 12.1 Å². The highest BCUT2D eigenvalue weighted by atomic mass is 79.9. The van der Waals surface area contributed by atoms with Crippen molar-refractivity contribution in [2.45, 2.75) is 0 Å². The molecule has 104 valence electrons. The summed E-state index contributed by atoms with van der Waals surface area (Å²) >= 11 is 2.85. The molecule has 0 saturated carbocycles. The highest BCUT2D eigenvalue weighted by molar-refractivity contribution is 9.10. The second kappa shape index (κ2) is 5.91. The Balaban J connectivity index is 2.20. The van der Waals surface area contributed by atoms with Crippen LogP contribution >= 0.6 is 15.9 Å². The Labute approximate surface area is 121 Å². The molecule has 0 unspecified atom stereocenters. The van der Waals surface area contributed by atoms with Gasteiger partial charge in [-0.15, -0.1) is 0 Å². The van der Waals surface area contributed by atoms with Crippen molar-refractivity contribution >= 4 is 33.3 Å². The van der Waals surface area contributed by atoms with Crippen LogP contribution in [0.2, 0.25) is 0 Å². The predicted molar refractivity (Wildman–Crippen MR) is 73.6 cm³/mol. The van der Waals surface area contributed by atoms with Crippen LogP contribution in [0.15, 0.2) is 29.0 Å². The number of rotatable bonds is 3. The number of carbonyl (C=O) groups is 1. The van der Waals surface area contributed by atoms with Crippen LogP contribution in [0.3, 0.4) is 0 Å². The van der Waals surface area contributed by atoms with Crippen molar-refractivity contribution < 1.29 is 13.6 Å². The molecule has 0 saturated heterocycles. The van der Waals surface area contributed by atoms with Gasteiger partial charge in [-0.05, 0) is 22.0 Å². The number of nitrogens with one attached hydrogen (secondary N) is 2. The van der Waals surface area contributed by atoms with Crippen molar-refractivity contribution in [2.24, 2.45) is 0 Å². The topological polar surface area (TPSA) is 66.9 Å². The first-order valence-electron chi connectivity index (χ1n) is 5.47. The molecule has 0 radical (unpaired) electrons. The zero-order valence-electron chi connectivity index (χ0n) is 10.2. The molecule has 0 aliphatic carbocycles. The minimum absolute atomic E-state index is 0.00766. The lowest BCUT2D eigenvalue weighted by Gasteiger charge is -2.07. The van der Waals surface area contributed by atoms with E-state index in [1.807, 2.05) is 0 Å². The number of hydrogen-bond donors (Lipinski definition) is 2. The number of benzene rings is 1. The van der Waals surface area contributed by atoms with Crippen LogP contribution in [-0.2, 0) is 0 Å². The van der Waals surface area contributed by atoms with Crippen molar-refractivity contribution in [3.8, 4) is 0 Å². The molecule has 20 heavy (non-hydrogen) atoms. The Kier molecular flexibility index (Phi) is 4.23. The fourth-order valence-corrected chi connectivity index (χ4v) is 1.69. The van der Waals surface area contributed by atoms with E-state index in [4.69, 9.17) is 0 Å². The third-order valence-electron chi connectivity index (χ3n) is 2.40. The molecule has 0 aliphatic rings. The number of aromatic nitrogens is 2. The molecule has 2 N–H and O–H groups in total. The molecular weight excluding hydrogens is 334 g/mol. The number of halogens is 3. The molecule has 1 aromatic carbocycles. The summed E-state index contributed by atoms with van der Waals surface area (Å²) < 4.78 is 26.9. The van der Waals surface area contributed by atoms with Crippen LogP contribution < -0.4 is 10.6 Å². The van der Waals surface area contributed by atoms with Crippen LogP contribution in [0.4, 0.5) is 20.3 Å². The Hall–Kier alpha value is -2.09. The van der Waals surface area contributed by atoms with E-state index in [1.54, 1.807) is 7.05 Å². The molecule has 0 atom stereocenters. The first-order valence-corrected chi connectivity index (χ1v) is 6.26. The fraction of sp³-hybridized carbons (Fsp3) is 0.0833. The Bertz CT molecular complexity index is 649. The number of nitrogens with zero attached hydrogens (tertiary/aromatic N) is 2. The smallest absolute Gasteiger partial charge is 0.275 e. The summed E-state index contributed by atoms with van der Waals surface area (Å²) in [6, 6.07) is 1.81. The second-order valence-electron chi connectivity index (χ2n) is 3.74. The fourth-order valence-electron chi connectivity index (χ4n) is 1.38. The quantitative estimate of drug-likeness (QED) is 0.841. The van der Waals surface area contributed by atoms with Gasteiger partial charge in [0.05, 0.1) is 22.6 Å². The molecule has 5 nitrogen and oxygen atoms in total. The summed E-state index contributed by atoms with van der Waals surface area (Å²) in [6.45, 7) is 0. The number of hydrogen-bond acceptors (Lipinski definition) is 4. The average molecular weight is 343 g/mol. The van der Waals surface area contributed by atoms with E-state index in [0.29, 0.717) is 5.82 Å². The number of anilines is 2.